The summed E-state index contributed by atoms with van der Waals surface area (Å²) in [5, 5.41) is 22.9. The Morgan fingerprint density at radius 3 is 1.37 bits per heavy atom. The molecule has 0 aliphatic heterocycles. The van der Waals surface area contributed by atoms with E-state index in [2.05, 4.69) is 117 Å². The molecule has 0 aliphatic carbocycles. The quantitative estimate of drug-likeness (QED) is 0.184. The lowest BCUT2D eigenvalue weighted by atomic mass is 9.98. The highest BCUT2D eigenvalue weighted by Crippen LogP contribution is 2.44. The Morgan fingerprint density at radius 1 is 0.429 bits per heavy atom. The summed E-state index contributed by atoms with van der Waals surface area (Å²) in [6.07, 6.45) is 2.73. The van der Waals surface area contributed by atoms with E-state index in [-0.39, 0.29) is 0 Å². The summed E-state index contributed by atoms with van der Waals surface area (Å²) >= 11 is 3.60. The lowest BCUT2D eigenvalue weighted by Gasteiger charge is -2.05. The van der Waals surface area contributed by atoms with Crippen LogP contribution in [0.15, 0.2) is 135 Å². The normalized spacial score (nSPS) is 12.1. The maximum absolute atomic E-state index is 6.37. The molecule has 7 nitrogen and oxygen atoms in total. The molecular formula is C40H20N4O3S2. The molecule has 0 saturated heterocycles. The molecule has 0 saturated carbocycles. The molecule has 230 valence electrons. The minimum atomic E-state index is 0.521. The second kappa shape index (κ2) is 10.2. The summed E-state index contributed by atoms with van der Waals surface area (Å²) in [4.78, 5) is 0. The van der Waals surface area contributed by atoms with Crippen LogP contribution < -0.4 is 0 Å². The van der Waals surface area contributed by atoms with Gasteiger partial charge in [-0.05, 0) is 82.9 Å². The van der Waals surface area contributed by atoms with Crippen molar-refractivity contribution in [2.45, 2.75) is 0 Å². The topological polar surface area (TPSA) is 91.0 Å². The summed E-state index contributed by atoms with van der Waals surface area (Å²) in [7, 11) is 0. The van der Waals surface area contributed by atoms with E-state index in [9.17, 15) is 0 Å². The van der Waals surface area contributed by atoms with E-state index in [4.69, 9.17) is 13.3 Å². The first-order valence-corrected chi connectivity index (χ1v) is 17.3. The summed E-state index contributed by atoms with van der Waals surface area (Å²) in [5.74, 6) is 1.04. The second-order valence-corrected chi connectivity index (χ2v) is 14.1. The summed E-state index contributed by atoms with van der Waals surface area (Å²) < 4.78 is 22.2. The Balaban J connectivity index is 1.05. The number of nitrogens with zero attached hydrogens (tertiary/aromatic N) is 4. The van der Waals surface area contributed by atoms with Gasteiger partial charge in [-0.1, -0.05) is 48.5 Å². The average molecular weight is 669 g/mol. The lowest BCUT2D eigenvalue weighted by molar-refractivity contribution is 0.568. The van der Waals surface area contributed by atoms with E-state index in [1.807, 2.05) is 12.1 Å². The van der Waals surface area contributed by atoms with Gasteiger partial charge in [-0.15, -0.1) is 43.1 Å². The zero-order valence-electron chi connectivity index (χ0n) is 25.4. The molecule has 0 aliphatic rings. The van der Waals surface area contributed by atoms with Gasteiger partial charge in [0.2, 0.25) is 24.6 Å². The van der Waals surface area contributed by atoms with Crippen molar-refractivity contribution in [3.05, 3.63) is 122 Å². The van der Waals surface area contributed by atoms with Crippen molar-refractivity contribution in [2.24, 2.45) is 0 Å². The van der Waals surface area contributed by atoms with Crippen LogP contribution in [0.2, 0.25) is 0 Å². The van der Waals surface area contributed by atoms with E-state index in [0.717, 1.165) is 44.2 Å². The predicted octanol–water partition coefficient (Wildman–Crippen LogP) is 11.8. The summed E-state index contributed by atoms with van der Waals surface area (Å²) in [5.41, 5.74) is 8.27. The molecule has 0 unspecified atom stereocenters. The van der Waals surface area contributed by atoms with E-state index < -0.39 is 0 Å². The van der Waals surface area contributed by atoms with Gasteiger partial charge in [0, 0.05) is 62.2 Å². The van der Waals surface area contributed by atoms with Crippen molar-refractivity contribution >= 4 is 85.0 Å². The third kappa shape index (κ3) is 4.06. The van der Waals surface area contributed by atoms with Crippen LogP contribution >= 0.6 is 22.7 Å². The number of rotatable bonds is 4. The number of fused-ring (bicyclic) bond motifs is 9. The van der Waals surface area contributed by atoms with Gasteiger partial charge in [0.1, 0.15) is 11.2 Å². The highest BCUT2D eigenvalue weighted by molar-refractivity contribution is 7.26. The Hall–Kier alpha value is -6.16. The standard InChI is InChI=1S/C40H20N4O3S2/c1-3-25(37-27(5-1)31-17-23(9-13-35(31)48-37)39-43-41-19-45-39)21-7-11-33-29(15-21)30-16-22(8-12-34(30)47-33)26-4-2-6-28-32-18-24(40-44-42-20-46-40)10-14-36(32)49-38(26)28/h1-20H. The molecule has 9 heteroatoms. The van der Waals surface area contributed by atoms with Crippen LogP contribution in [0.1, 0.15) is 0 Å². The zero-order valence-corrected chi connectivity index (χ0v) is 27.0. The first-order chi connectivity index (χ1) is 24.2. The van der Waals surface area contributed by atoms with Gasteiger partial charge in [-0.25, -0.2) is 0 Å². The maximum atomic E-state index is 6.37. The average Bonchev–Trinajstić information content (AvgIpc) is 3.99. The number of furan rings is 1. The highest BCUT2D eigenvalue weighted by atomic mass is 32.1. The molecule has 0 fully saturated rings. The lowest BCUT2D eigenvalue weighted by Crippen LogP contribution is -1.80. The molecule has 0 spiro atoms. The van der Waals surface area contributed by atoms with E-state index in [1.165, 1.54) is 64.3 Å². The fourth-order valence-corrected chi connectivity index (χ4v) is 9.47. The van der Waals surface area contributed by atoms with E-state index >= 15 is 0 Å². The van der Waals surface area contributed by atoms with Crippen LogP contribution in [0.25, 0.3) is 107 Å². The fraction of sp³-hybridized carbons (Fsp3) is 0. The van der Waals surface area contributed by atoms with Crippen LogP contribution in [-0.2, 0) is 0 Å². The molecule has 5 heterocycles. The van der Waals surface area contributed by atoms with Gasteiger partial charge in [0.25, 0.3) is 0 Å². The molecule has 6 aromatic carbocycles. The van der Waals surface area contributed by atoms with Crippen molar-refractivity contribution in [2.75, 3.05) is 0 Å². The van der Waals surface area contributed by atoms with Gasteiger partial charge in [-0.3, -0.25) is 0 Å². The molecule has 5 aromatic heterocycles. The summed E-state index contributed by atoms with van der Waals surface area (Å²) in [6, 6.07) is 38.8. The second-order valence-electron chi connectivity index (χ2n) is 12.0. The molecular weight excluding hydrogens is 649 g/mol. The van der Waals surface area contributed by atoms with Crippen molar-refractivity contribution < 1.29 is 13.3 Å². The van der Waals surface area contributed by atoms with Crippen molar-refractivity contribution in [1.29, 1.82) is 0 Å². The van der Waals surface area contributed by atoms with Crippen LogP contribution in [0.3, 0.4) is 0 Å². The Morgan fingerprint density at radius 2 is 0.898 bits per heavy atom. The molecule has 49 heavy (non-hydrogen) atoms. The number of hydrogen-bond donors (Lipinski definition) is 0. The molecule has 11 rings (SSSR count). The van der Waals surface area contributed by atoms with Gasteiger partial charge in [-0.2, -0.15) is 0 Å². The van der Waals surface area contributed by atoms with Crippen molar-refractivity contribution in [1.82, 2.24) is 20.4 Å². The summed E-state index contributed by atoms with van der Waals surface area (Å²) in [6.45, 7) is 0. The largest absolute Gasteiger partial charge is 0.456 e. The van der Waals surface area contributed by atoms with Gasteiger partial charge in [0.15, 0.2) is 0 Å². The number of benzene rings is 6. The smallest absolute Gasteiger partial charge is 0.247 e. The van der Waals surface area contributed by atoms with Crippen LogP contribution in [0, 0.1) is 0 Å². The van der Waals surface area contributed by atoms with Crippen LogP contribution in [-0.4, -0.2) is 20.4 Å². The molecule has 0 amide bonds. The Kier molecular flexibility index (Phi) is 5.57. The SMILES string of the molecule is c1cc(-c2ccc3oc4ccc(-c5cccc6c5sc5ccc(-c7nnco7)cc56)cc4c3c2)c2sc3ccc(-c4nnco4)cc3c2c1. The van der Waals surface area contributed by atoms with Crippen LogP contribution in [0.4, 0.5) is 0 Å². The van der Waals surface area contributed by atoms with Gasteiger partial charge in [0.05, 0.1) is 0 Å². The molecule has 0 N–H and O–H groups in total. The molecule has 0 bridgehead atoms. The van der Waals surface area contributed by atoms with Gasteiger partial charge >= 0.3 is 0 Å². The zero-order chi connectivity index (χ0) is 32.1. The third-order valence-corrected chi connectivity index (χ3v) is 11.7. The first kappa shape index (κ1) is 26.9. The van der Waals surface area contributed by atoms with E-state index in [1.54, 1.807) is 22.7 Å². The minimum absolute atomic E-state index is 0.521. The Bertz CT molecular complexity index is 2860. The number of thiophene rings is 2. The van der Waals surface area contributed by atoms with Crippen molar-refractivity contribution in [3.8, 4) is 45.2 Å². The first-order valence-electron chi connectivity index (χ1n) is 15.7. The third-order valence-electron chi connectivity index (χ3n) is 9.30. The number of aromatic nitrogens is 4. The van der Waals surface area contributed by atoms with Gasteiger partial charge < -0.3 is 13.3 Å². The molecule has 0 atom stereocenters. The highest BCUT2D eigenvalue weighted by Gasteiger charge is 2.17. The fourth-order valence-electron chi connectivity index (χ4n) is 7.03. The molecule has 0 radical (unpaired) electrons. The Labute approximate surface area is 284 Å². The van der Waals surface area contributed by atoms with E-state index in [0.29, 0.717) is 11.8 Å². The number of hydrogen-bond acceptors (Lipinski definition) is 9. The minimum Gasteiger partial charge on any atom is -0.456 e. The predicted molar refractivity (Wildman–Crippen MR) is 197 cm³/mol. The molecule has 11 aromatic rings. The maximum Gasteiger partial charge on any atom is 0.247 e. The van der Waals surface area contributed by atoms with Crippen molar-refractivity contribution in [3.63, 3.8) is 0 Å². The monoisotopic (exact) mass is 668 g/mol. The van der Waals surface area contributed by atoms with Crippen LogP contribution in [0.5, 0.6) is 0 Å².